The molecule has 0 spiro atoms. The molecule has 0 unspecified atom stereocenters. The minimum atomic E-state index is -2.61. The number of carbonyl (C=O) groups is 2. The largest absolute Gasteiger partial charge is 0.370 e. The molecule has 2 aromatic rings. The highest BCUT2D eigenvalue weighted by Gasteiger charge is 2.42. The van der Waals surface area contributed by atoms with Gasteiger partial charge in [0, 0.05) is 57.3 Å². The summed E-state index contributed by atoms with van der Waals surface area (Å²) >= 11 is 0. The molecule has 196 valence electrons. The van der Waals surface area contributed by atoms with E-state index in [1.165, 1.54) is 29.3 Å². The van der Waals surface area contributed by atoms with Gasteiger partial charge in [-0.05, 0) is 37.5 Å². The van der Waals surface area contributed by atoms with Crippen molar-refractivity contribution in [2.45, 2.75) is 56.2 Å². The van der Waals surface area contributed by atoms with Gasteiger partial charge in [-0.25, -0.2) is 13.2 Å². The SMILES string of the molecule is CN(C)C(=O)COC[C@@H]1C[C@H](n2cc(NC(=O)c3cccc(F)c3)cn2)CN1C1CCC(F)(F)CC1. The van der Waals surface area contributed by atoms with Crippen molar-refractivity contribution in [3.8, 4) is 0 Å². The molecule has 1 aliphatic carbocycles. The number of likely N-dealkylation sites (tertiary alicyclic amines) is 1. The molecule has 1 aromatic heterocycles. The van der Waals surface area contributed by atoms with Crippen molar-refractivity contribution in [1.29, 1.82) is 0 Å². The third-order valence-electron chi connectivity index (χ3n) is 6.95. The Morgan fingerprint density at radius 1 is 1.22 bits per heavy atom. The average molecular weight is 508 g/mol. The van der Waals surface area contributed by atoms with Crippen LogP contribution in [0.1, 0.15) is 48.5 Å². The van der Waals surface area contributed by atoms with Crippen LogP contribution in [-0.4, -0.2) is 83.3 Å². The Morgan fingerprint density at radius 3 is 2.67 bits per heavy atom. The molecule has 2 atom stereocenters. The molecule has 36 heavy (non-hydrogen) atoms. The molecule has 4 rings (SSSR count). The van der Waals surface area contributed by atoms with Crippen LogP contribution in [0.5, 0.6) is 0 Å². The third-order valence-corrected chi connectivity index (χ3v) is 6.95. The second-order valence-corrected chi connectivity index (χ2v) is 9.80. The summed E-state index contributed by atoms with van der Waals surface area (Å²) in [5.41, 5.74) is 0.678. The van der Waals surface area contributed by atoms with Gasteiger partial charge < -0.3 is 15.0 Å². The molecule has 1 saturated carbocycles. The Hall–Kier alpha value is -2.92. The van der Waals surface area contributed by atoms with Crippen molar-refractivity contribution in [2.75, 3.05) is 39.2 Å². The fourth-order valence-electron chi connectivity index (χ4n) is 4.92. The molecule has 0 bridgehead atoms. The van der Waals surface area contributed by atoms with E-state index in [-0.39, 0.29) is 49.0 Å². The number of aromatic nitrogens is 2. The van der Waals surface area contributed by atoms with Gasteiger partial charge in [0.15, 0.2) is 0 Å². The number of likely N-dealkylation sites (N-methyl/N-ethyl adjacent to an activating group) is 1. The fraction of sp³-hybridized carbons (Fsp3) is 0.560. The highest BCUT2D eigenvalue weighted by Crippen LogP contribution is 2.39. The van der Waals surface area contributed by atoms with Gasteiger partial charge in [0.25, 0.3) is 5.91 Å². The first-order chi connectivity index (χ1) is 17.1. The second kappa shape index (κ2) is 11.0. The van der Waals surface area contributed by atoms with E-state index >= 15 is 0 Å². The molecule has 2 heterocycles. The molecule has 1 saturated heterocycles. The van der Waals surface area contributed by atoms with Crippen LogP contribution in [0.15, 0.2) is 36.7 Å². The summed E-state index contributed by atoms with van der Waals surface area (Å²) in [6.45, 7) is 0.876. The zero-order chi connectivity index (χ0) is 25.9. The first-order valence-electron chi connectivity index (χ1n) is 12.1. The normalized spacial score (nSPS) is 22.5. The molecule has 11 heteroatoms. The van der Waals surface area contributed by atoms with Crippen LogP contribution in [0.3, 0.4) is 0 Å². The van der Waals surface area contributed by atoms with E-state index < -0.39 is 17.6 Å². The molecule has 1 aromatic carbocycles. The number of nitrogens with one attached hydrogen (secondary N) is 1. The van der Waals surface area contributed by atoms with E-state index in [0.717, 1.165) is 6.07 Å². The van der Waals surface area contributed by atoms with Gasteiger partial charge in [-0.15, -0.1) is 0 Å². The van der Waals surface area contributed by atoms with Gasteiger partial charge in [-0.1, -0.05) is 6.07 Å². The number of carbonyl (C=O) groups excluding carboxylic acids is 2. The topological polar surface area (TPSA) is 79.7 Å². The van der Waals surface area contributed by atoms with Crippen molar-refractivity contribution in [1.82, 2.24) is 19.6 Å². The quantitative estimate of drug-likeness (QED) is 0.591. The number of hydrogen-bond donors (Lipinski definition) is 1. The van der Waals surface area contributed by atoms with E-state index in [1.807, 2.05) is 0 Å². The maximum absolute atomic E-state index is 13.8. The molecule has 2 amide bonds. The molecule has 1 N–H and O–H groups in total. The van der Waals surface area contributed by atoms with E-state index in [4.69, 9.17) is 4.74 Å². The third kappa shape index (κ3) is 6.44. The van der Waals surface area contributed by atoms with Crippen LogP contribution in [0.25, 0.3) is 0 Å². The predicted octanol–water partition coefficient (Wildman–Crippen LogP) is 3.57. The molecule has 1 aliphatic heterocycles. The fourth-order valence-corrected chi connectivity index (χ4v) is 4.92. The number of halogens is 3. The summed E-state index contributed by atoms with van der Waals surface area (Å²) in [5, 5.41) is 7.14. The molecule has 2 aliphatic rings. The number of alkyl halides is 2. The zero-order valence-electron chi connectivity index (χ0n) is 20.5. The van der Waals surface area contributed by atoms with Gasteiger partial charge in [-0.3, -0.25) is 19.2 Å². The van der Waals surface area contributed by atoms with E-state index in [2.05, 4.69) is 15.3 Å². The summed E-state index contributed by atoms with van der Waals surface area (Å²) in [5.74, 6) is -3.69. The average Bonchev–Trinajstić information content (AvgIpc) is 3.46. The second-order valence-electron chi connectivity index (χ2n) is 9.80. The van der Waals surface area contributed by atoms with E-state index in [9.17, 15) is 22.8 Å². The van der Waals surface area contributed by atoms with Gasteiger partial charge in [0.05, 0.1) is 24.5 Å². The zero-order valence-corrected chi connectivity index (χ0v) is 20.5. The molecular weight excluding hydrogens is 475 g/mol. The van der Waals surface area contributed by atoms with Crippen LogP contribution >= 0.6 is 0 Å². The minimum Gasteiger partial charge on any atom is -0.370 e. The Labute approximate surface area is 208 Å². The lowest BCUT2D eigenvalue weighted by molar-refractivity contribution is -0.134. The number of nitrogens with zero attached hydrogens (tertiary/aromatic N) is 4. The number of rotatable bonds is 8. The number of hydrogen-bond acceptors (Lipinski definition) is 5. The standard InChI is InChI=1S/C25H32F3N5O3/c1-31(2)23(34)16-36-15-22-11-21(14-32(22)20-6-8-25(27,28)9-7-20)33-13-19(12-29-33)30-24(35)17-4-3-5-18(26)10-17/h3-5,10,12-13,20-22H,6-9,11,14-16H2,1-2H3,(H,30,35)/t21-,22-/m0/s1. The van der Waals surface area contributed by atoms with Gasteiger partial charge in [0.2, 0.25) is 11.8 Å². The van der Waals surface area contributed by atoms with Crippen LogP contribution in [0, 0.1) is 5.82 Å². The number of ether oxygens (including phenoxy) is 1. The van der Waals surface area contributed by atoms with Crippen LogP contribution in [0.4, 0.5) is 18.9 Å². The molecule has 2 fully saturated rings. The van der Waals surface area contributed by atoms with Crippen molar-refractivity contribution in [3.05, 3.63) is 48.0 Å². The summed E-state index contributed by atoms with van der Waals surface area (Å²) in [6, 6.07) is 5.34. The Kier molecular flexibility index (Phi) is 7.99. The lowest BCUT2D eigenvalue weighted by Gasteiger charge is -2.37. The van der Waals surface area contributed by atoms with Crippen LogP contribution < -0.4 is 5.32 Å². The van der Waals surface area contributed by atoms with Gasteiger partial charge in [-0.2, -0.15) is 5.10 Å². The lowest BCUT2D eigenvalue weighted by atomic mass is 9.91. The van der Waals surface area contributed by atoms with Gasteiger partial charge in [0.1, 0.15) is 12.4 Å². The summed E-state index contributed by atoms with van der Waals surface area (Å²) in [6.07, 6.45) is 4.45. The smallest absolute Gasteiger partial charge is 0.255 e. The molecule has 8 nitrogen and oxygen atoms in total. The Morgan fingerprint density at radius 2 is 1.97 bits per heavy atom. The van der Waals surface area contributed by atoms with Crippen LogP contribution in [-0.2, 0) is 9.53 Å². The maximum atomic E-state index is 13.8. The Bertz CT molecular complexity index is 1070. The lowest BCUT2D eigenvalue weighted by Crippen LogP contribution is -2.45. The van der Waals surface area contributed by atoms with Crippen LogP contribution in [0.2, 0.25) is 0 Å². The predicted molar refractivity (Wildman–Crippen MR) is 127 cm³/mol. The van der Waals surface area contributed by atoms with E-state index in [1.54, 1.807) is 25.0 Å². The minimum absolute atomic E-state index is 0.00971. The molecular formula is C25H32F3N5O3. The van der Waals surface area contributed by atoms with Crippen molar-refractivity contribution >= 4 is 17.5 Å². The maximum Gasteiger partial charge on any atom is 0.255 e. The first kappa shape index (κ1) is 26.2. The first-order valence-corrected chi connectivity index (χ1v) is 12.1. The number of benzene rings is 1. The van der Waals surface area contributed by atoms with Crippen molar-refractivity contribution in [2.24, 2.45) is 0 Å². The van der Waals surface area contributed by atoms with E-state index in [0.29, 0.717) is 38.1 Å². The summed E-state index contributed by atoms with van der Waals surface area (Å²) in [4.78, 5) is 28.0. The van der Waals surface area contributed by atoms with Crippen molar-refractivity contribution < 1.29 is 27.5 Å². The highest BCUT2D eigenvalue weighted by molar-refractivity contribution is 6.04. The van der Waals surface area contributed by atoms with Gasteiger partial charge >= 0.3 is 0 Å². The monoisotopic (exact) mass is 507 g/mol. The molecule has 0 radical (unpaired) electrons. The number of amides is 2. The number of anilines is 1. The summed E-state index contributed by atoms with van der Waals surface area (Å²) < 4.78 is 48.4. The highest BCUT2D eigenvalue weighted by atomic mass is 19.3. The van der Waals surface area contributed by atoms with Crippen molar-refractivity contribution in [3.63, 3.8) is 0 Å². The summed E-state index contributed by atoms with van der Waals surface area (Å²) in [7, 11) is 3.32. The Balaban J connectivity index is 1.42.